The fourth-order valence-corrected chi connectivity index (χ4v) is 3.82. The zero-order valence-corrected chi connectivity index (χ0v) is 14.4. The van der Waals surface area contributed by atoms with Crippen molar-refractivity contribution in [3.8, 4) is 0 Å². The smallest absolute Gasteiger partial charge is 0.317 e. The highest BCUT2D eigenvalue weighted by atomic mass is 16.4. The van der Waals surface area contributed by atoms with E-state index in [4.69, 9.17) is 5.11 Å². The van der Waals surface area contributed by atoms with Crippen molar-refractivity contribution in [1.82, 2.24) is 10.2 Å². The fraction of sp³-hybridized carbons (Fsp3) is 0.579. The number of aryl methyl sites for hydroxylation is 1. The van der Waals surface area contributed by atoms with Gasteiger partial charge < -0.3 is 10.4 Å². The Morgan fingerprint density at radius 3 is 2.58 bits per heavy atom. The number of nitrogens with zero attached hydrogens (tertiary/aromatic N) is 1. The van der Waals surface area contributed by atoms with Crippen LogP contribution in [0.25, 0.3) is 0 Å². The summed E-state index contributed by atoms with van der Waals surface area (Å²) in [6, 6.07) is 8.76. The van der Waals surface area contributed by atoms with Crippen LogP contribution in [-0.2, 0) is 9.59 Å². The molecule has 2 unspecified atom stereocenters. The van der Waals surface area contributed by atoms with Crippen LogP contribution in [0.5, 0.6) is 0 Å². The minimum absolute atomic E-state index is 0.0832. The van der Waals surface area contributed by atoms with Crippen molar-refractivity contribution in [2.24, 2.45) is 5.92 Å². The summed E-state index contributed by atoms with van der Waals surface area (Å²) < 4.78 is 0. The minimum Gasteiger partial charge on any atom is -0.480 e. The van der Waals surface area contributed by atoms with Gasteiger partial charge >= 0.3 is 5.97 Å². The first-order valence-electron chi connectivity index (χ1n) is 8.81. The largest absolute Gasteiger partial charge is 0.480 e. The highest BCUT2D eigenvalue weighted by Gasteiger charge is 2.46. The molecule has 0 heterocycles. The second-order valence-electron chi connectivity index (χ2n) is 7.09. The number of aliphatic carboxylic acids is 1. The van der Waals surface area contributed by atoms with E-state index in [0.717, 1.165) is 25.8 Å². The van der Waals surface area contributed by atoms with Gasteiger partial charge in [0.2, 0.25) is 5.91 Å². The van der Waals surface area contributed by atoms with Gasteiger partial charge in [-0.15, -0.1) is 0 Å². The highest BCUT2D eigenvalue weighted by Crippen LogP contribution is 2.48. The zero-order chi connectivity index (χ0) is 17.3. The van der Waals surface area contributed by atoms with Crippen LogP contribution in [-0.4, -0.2) is 47.1 Å². The average molecular weight is 330 g/mol. The van der Waals surface area contributed by atoms with E-state index in [2.05, 4.69) is 24.4 Å². The first-order chi connectivity index (χ1) is 11.5. The molecular formula is C19H26N2O3. The van der Waals surface area contributed by atoms with E-state index >= 15 is 0 Å². The summed E-state index contributed by atoms with van der Waals surface area (Å²) in [7, 11) is 0. The first kappa shape index (κ1) is 17.0. The van der Waals surface area contributed by atoms with Crippen molar-refractivity contribution >= 4 is 11.9 Å². The molecule has 2 fully saturated rings. The lowest BCUT2D eigenvalue weighted by atomic mass is 9.85. The van der Waals surface area contributed by atoms with Gasteiger partial charge in [-0.3, -0.25) is 14.5 Å². The third-order valence-electron chi connectivity index (χ3n) is 5.44. The Kier molecular flexibility index (Phi) is 4.90. The van der Waals surface area contributed by atoms with Gasteiger partial charge in [0.05, 0.1) is 6.54 Å². The molecule has 5 heteroatoms. The molecule has 2 atom stereocenters. The van der Waals surface area contributed by atoms with E-state index in [1.165, 1.54) is 11.1 Å². The summed E-state index contributed by atoms with van der Waals surface area (Å²) in [5.41, 5.74) is 2.55. The van der Waals surface area contributed by atoms with Crippen LogP contribution in [0.1, 0.15) is 43.2 Å². The molecule has 1 amide bonds. The van der Waals surface area contributed by atoms with Gasteiger partial charge in [0, 0.05) is 18.0 Å². The number of benzene rings is 1. The number of carbonyl (C=O) groups excluding carboxylic acids is 1. The molecular weight excluding hydrogens is 304 g/mol. The normalized spacial score (nSPS) is 28.3. The van der Waals surface area contributed by atoms with Crippen LogP contribution in [0.4, 0.5) is 0 Å². The first-order valence-corrected chi connectivity index (χ1v) is 8.81. The Bertz CT molecular complexity index is 625. The van der Waals surface area contributed by atoms with Crippen LogP contribution in [0, 0.1) is 12.8 Å². The number of hydrogen-bond donors (Lipinski definition) is 2. The van der Waals surface area contributed by atoms with Crippen LogP contribution in [0.3, 0.4) is 0 Å². The topological polar surface area (TPSA) is 69.6 Å². The van der Waals surface area contributed by atoms with Crippen molar-refractivity contribution in [3.05, 3.63) is 35.4 Å². The molecule has 2 N–H and O–H groups in total. The van der Waals surface area contributed by atoms with Crippen LogP contribution in [0.15, 0.2) is 24.3 Å². The van der Waals surface area contributed by atoms with Crippen LogP contribution >= 0.6 is 0 Å². The third kappa shape index (κ3) is 3.61. The van der Waals surface area contributed by atoms with Crippen LogP contribution < -0.4 is 5.32 Å². The molecule has 3 rings (SSSR count). The van der Waals surface area contributed by atoms with Gasteiger partial charge in [-0.05, 0) is 49.8 Å². The van der Waals surface area contributed by atoms with Gasteiger partial charge in [-0.2, -0.15) is 0 Å². The second kappa shape index (κ2) is 6.93. The van der Waals surface area contributed by atoms with Gasteiger partial charge in [0.25, 0.3) is 0 Å². The SMILES string of the molecule is CCN(CC(=O)O)C1CC(NC(=O)C2CC2c2ccccc2C)C1. The Balaban J connectivity index is 1.45. The van der Waals surface area contributed by atoms with E-state index in [0.29, 0.717) is 5.92 Å². The van der Waals surface area contributed by atoms with Crippen molar-refractivity contribution in [2.75, 3.05) is 13.1 Å². The molecule has 24 heavy (non-hydrogen) atoms. The van der Waals surface area contributed by atoms with Gasteiger partial charge in [-0.25, -0.2) is 0 Å². The Labute approximate surface area is 143 Å². The summed E-state index contributed by atoms with van der Waals surface area (Å²) in [5.74, 6) is -0.163. The summed E-state index contributed by atoms with van der Waals surface area (Å²) in [6.45, 7) is 4.89. The minimum atomic E-state index is -0.789. The average Bonchev–Trinajstić information content (AvgIpc) is 3.29. The lowest BCUT2D eigenvalue weighted by Crippen LogP contribution is -2.55. The van der Waals surface area contributed by atoms with E-state index in [9.17, 15) is 9.59 Å². The quantitative estimate of drug-likeness (QED) is 0.804. The lowest BCUT2D eigenvalue weighted by molar-refractivity contribution is -0.139. The number of hydrogen-bond acceptors (Lipinski definition) is 3. The van der Waals surface area contributed by atoms with E-state index in [1.54, 1.807) is 0 Å². The maximum absolute atomic E-state index is 12.4. The molecule has 0 bridgehead atoms. The molecule has 5 nitrogen and oxygen atoms in total. The number of carboxylic acid groups (broad SMARTS) is 1. The van der Waals surface area contributed by atoms with Crippen molar-refractivity contribution in [1.29, 1.82) is 0 Å². The van der Waals surface area contributed by atoms with Crippen LogP contribution in [0.2, 0.25) is 0 Å². The lowest BCUT2D eigenvalue weighted by Gasteiger charge is -2.42. The van der Waals surface area contributed by atoms with Crippen molar-refractivity contribution in [3.63, 3.8) is 0 Å². The molecule has 2 aliphatic rings. The molecule has 1 aromatic rings. The van der Waals surface area contributed by atoms with Gasteiger partial charge in [0.15, 0.2) is 0 Å². The van der Waals surface area contributed by atoms with E-state index in [1.807, 2.05) is 24.0 Å². The summed E-state index contributed by atoms with van der Waals surface area (Å²) in [5, 5.41) is 12.1. The number of nitrogens with one attached hydrogen (secondary N) is 1. The monoisotopic (exact) mass is 330 g/mol. The number of likely N-dealkylation sites (N-methyl/N-ethyl adjacent to an activating group) is 1. The van der Waals surface area contributed by atoms with E-state index in [-0.39, 0.29) is 30.5 Å². The summed E-state index contributed by atoms with van der Waals surface area (Å²) in [4.78, 5) is 25.2. The Morgan fingerprint density at radius 1 is 1.25 bits per heavy atom. The highest BCUT2D eigenvalue weighted by molar-refractivity contribution is 5.83. The number of carbonyl (C=O) groups is 2. The Morgan fingerprint density at radius 2 is 1.96 bits per heavy atom. The predicted molar refractivity (Wildman–Crippen MR) is 91.9 cm³/mol. The number of amides is 1. The molecule has 0 aliphatic heterocycles. The predicted octanol–water partition coefficient (Wildman–Crippen LogP) is 2.15. The third-order valence-corrected chi connectivity index (χ3v) is 5.44. The van der Waals surface area contributed by atoms with Crippen molar-refractivity contribution < 1.29 is 14.7 Å². The van der Waals surface area contributed by atoms with Gasteiger partial charge in [-0.1, -0.05) is 31.2 Å². The molecule has 2 saturated carbocycles. The molecule has 1 aromatic carbocycles. The molecule has 2 aliphatic carbocycles. The maximum atomic E-state index is 12.4. The maximum Gasteiger partial charge on any atom is 0.317 e. The van der Waals surface area contributed by atoms with Crippen molar-refractivity contribution in [2.45, 2.75) is 51.1 Å². The summed E-state index contributed by atoms with van der Waals surface area (Å²) >= 11 is 0. The zero-order valence-electron chi connectivity index (χ0n) is 14.4. The molecule has 0 spiro atoms. The van der Waals surface area contributed by atoms with E-state index < -0.39 is 5.97 Å². The molecule has 0 aromatic heterocycles. The Hall–Kier alpha value is -1.88. The fourth-order valence-electron chi connectivity index (χ4n) is 3.82. The standard InChI is InChI=1S/C19H26N2O3/c1-3-21(11-18(22)23)14-8-13(9-14)20-19(24)17-10-16(17)15-7-5-4-6-12(15)2/h4-7,13-14,16-17H,3,8-11H2,1-2H3,(H,20,24)(H,22,23). The summed E-state index contributed by atoms with van der Waals surface area (Å²) in [6.07, 6.45) is 2.65. The van der Waals surface area contributed by atoms with Gasteiger partial charge in [0.1, 0.15) is 0 Å². The number of rotatable bonds is 7. The molecule has 0 saturated heterocycles. The number of carboxylic acids is 1. The second-order valence-corrected chi connectivity index (χ2v) is 7.09. The molecule has 0 radical (unpaired) electrons. The molecule has 130 valence electrons.